The fraction of sp³-hybridized carbons (Fsp3) is 0.111. The number of benzene rings is 2. The van der Waals surface area contributed by atoms with Gasteiger partial charge in [0.15, 0.2) is 5.82 Å². The first-order valence-electron chi connectivity index (χ1n) is 7.45. The van der Waals surface area contributed by atoms with Crippen molar-refractivity contribution in [1.29, 1.82) is 0 Å². The van der Waals surface area contributed by atoms with Gasteiger partial charge in [-0.25, -0.2) is 9.97 Å². The topological polar surface area (TPSA) is 55.0 Å². The van der Waals surface area contributed by atoms with Gasteiger partial charge in [-0.2, -0.15) is 0 Å². The smallest absolute Gasteiger partial charge is 0.160 e. The number of anilines is 3. The summed E-state index contributed by atoms with van der Waals surface area (Å²) in [5.74, 6) is 0.743. The van der Waals surface area contributed by atoms with Crippen molar-refractivity contribution in [2.75, 3.05) is 17.2 Å². The van der Waals surface area contributed by atoms with E-state index >= 15 is 0 Å². The van der Waals surface area contributed by atoms with E-state index in [-0.39, 0.29) is 0 Å². The van der Waals surface area contributed by atoms with Gasteiger partial charge in [-0.15, -0.1) is 0 Å². The molecule has 4 nitrogen and oxygen atoms in total. The Balaban J connectivity index is 1.96. The van der Waals surface area contributed by atoms with Crippen molar-refractivity contribution in [3.05, 3.63) is 67.0 Å². The Hall–Kier alpha value is -2.53. The first kappa shape index (κ1) is 15.4. The van der Waals surface area contributed by atoms with Crippen LogP contribution in [0.15, 0.2) is 76.9 Å². The summed E-state index contributed by atoms with van der Waals surface area (Å²) in [6.07, 6.45) is 1.57. The van der Waals surface area contributed by atoms with Gasteiger partial charge < -0.3 is 10.6 Å². The van der Waals surface area contributed by atoms with E-state index in [1.54, 1.807) is 18.1 Å². The summed E-state index contributed by atoms with van der Waals surface area (Å²) in [5.41, 5.74) is 8.03. The molecule has 0 unspecified atom stereocenters. The first-order chi connectivity index (χ1) is 11.3. The molecule has 0 aliphatic carbocycles. The third-order valence-electron chi connectivity index (χ3n) is 3.42. The van der Waals surface area contributed by atoms with E-state index in [9.17, 15) is 0 Å². The summed E-state index contributed by atoms with van der Waals surface area (Å²) < 4.78 is 0. The molecule has 0 aliphatic heterocycles. The summed E-state index contributed by atoms with van der Waals surface area (Å²) in [7, 11) is 0. The number of aromatic nitrogens is 2. The van der Waals surface area contributed by atoms with Crippen molar-refractivity contribution < 1.29 is 0 Å². The SMILES string of the molecule is CCN(c1ccccc1)c1ncnc(Sc2ccccc2)c1N. The molecule has 3 aromatic rings. The predicted molar refractivity (Wildman–Crippen MR) is 96.1 cm³/mol. The van der Waals surface area contributed by atoms with Crippen LogP contribution < -0.4 is 10.6 Å². The molecule has 23 heavy (non-hydrogen) atoms. The average Bonchev–Trinajstić information content (AvgIpc) is 2.61. The summed E-state index contributed by atoms with van der Waals surface area (Å²) in [6, 6.07) is 20.2. The number of nitrogen functional groups attached to an aromatic ring is 1. The van der Waals surface area contributed by atoms with Crippen molar-refractivity contribution in [2.24, 2.45) is 0 Å². The molecule has 2 N–H and O–H groups in total. The minimum atomic E-state index is 0.604. The Kier molecular flexibility index (Phi) is 4.78. The molecule has 0 fully saturated rings. The highest BCUT2D eigenvalue weighted by Gasteiger charge is 2.16. The maximum absolute atomic E-state index is 6.36. The van der Waals surface area contributed by atoms with E-state index in [0.717, 1.165) is 28.0 Å². The predicted octanol–water partition coefficient (Wildman–Crippen LogP) is 4.37. The van der Waals surface area contributed by atoms with Crippen molar-refractivity contribution in [3.8, 4) is 0 Å². The molecule has 0 aliphatic rings. The molecule has 0 radical (unpaired) electrons. The highest BCUT2D eigenvalue weighted by Crippen LogP contribution is 2.36. The molecule has 5 heteroatoms. The van der Waals surface area contributed by atoms with Gasteiger partial charge in [-0.1, -0.05) is 48.2 Å². The second-order valence-electron chi connectivity index (χ2n) is 4.91. The first-order valence-corrected chi connectivity index (χ1v) is 8.27. The lowest BCUT2D eigenvalue weighted by atomic mass is 10.3. The Labute approximate surface area is 140 Å². The molecule has 0 amide bonds. The van der Waals surface area contributed by atoms with E-state index in [4.69, 9.17) is 5.73 Å². The zero-order valence-corrected chi connectivity index (χ0v) is 13.7. The molecule has 0 saturated carbocycles. The van der Waals surface area contributed by atoms with Crippen LogP contribution in [0.2, 0.25) is 0 Å². The second kappa shape index (κ2) is 7.15. The number of nitrogens with zero attached hydrogens (tertiary/aromatic N) is 3. The van der Waals surface area contributed by atoms with Crippen molar-refractivity contribution in [3.63, 3.8) is 0 Å². The zero-order valence-electron chi connectivity index (χ0n) is 12.9. The molecule has 2 aromatic carbocycles. The van der Waals surface area contributed by atoms with E-state index in [0.29, 0.717) is 5.69 Å². The van der Waals surface area contributed by atoms with Crippen molar-refractivity contribution >= 4 is 29.0 Å². The van der Waals surface area contributed by atoms with Crippen LogP contribution in [0.3, 0.4) is 0 Å². The molecule has 0 bridgehead atoms. The molecule has 0 atom stereocenters. The normalized spacial score (nSPS) is 10.5. The van der Waals surface area contributed by atoms with Gasteiger partial charge in [0.25, 0.3) is 0 Å². The van der Waals surface area contributed by atoms with Gasteiger partial charge in [0.05, 0.1) is 0 Å². The van der Waals surface area contributed by atoms with Crippen molar-refractivity contribution in [2.45, 2.75) is 16.8 Å². The van der Waals surface area contributed by atoms with Crippen LogP contribution >= 0.6 is 11.8 Å². The third kappa shape index (κ3) is 3.46. The van der Waals surface area contributed by atoms with Crippen LogP contribution in [-0.4, -0.2) is 16.5 Å². The number of hydrogen-bond donors (Lipinski definition) is 1. The molecule has 0 saturated heterocycles. The van der Waals surface area contributed by atoms with E-state index in [1.165, 1.54) is 0 Å². The molecule has 116 valence electrons. The Morgan fingerprint density at radius 1 is 0.957 bits per heavy atom. The monoisotopic (exact) mass is 322 g/mol. The van der Waals surface area contributed by atoms with Crippen LogP contribution in [0.4, 0.5) is 17.2 Å². The molecule has 0 spiro atoms. The lowest BCUT2D eigenvalue weighted by Crippen LogP contribution is -2.19. The standard InChI is InChI=1S/C18H18N4S/c1-2-22(14-9-5-3-6-10-14)17-16(19)18(21-13-20-17)23-15-11-7-4-8-12-15/h3-13H,2,19H2,1H3. The van der Waals surface area contributed by atoms with Gasteiger partial charge in [0.1, 0.15) is 17.0 Å². The van der Waals surface area contributed by atoms with Gasteiger partial charge in [0, 0.05) is 17.1 Å². The minimum absolute atomic E-state index is 0.604. The number of rotatable bonds is 5. The van der Waals surface area contributed by atoms with Gasteiger partial charge in [-0.3, -0.25) is 0 Å². The average molecular weight is 322 g/mol. The fourth-order valence-corrected chi connectivity index (χ4v) is 3.15. The summed E-state index contributed by atoms with van der Waals surface area (Å²) in [5, 5.41) is 0.774. The van der Waals surface area contributed by atoms with Crippen molar-refractivity contribution in [1.82, 2.24) is 9.97 Å². The van der Waals surface area contributed by atoms with Crippen LogP contribution in [0.25, 0.3) is 0 Å². The lowest BCUT2D eigenvalue weighted by molar-refractivity contribution is 0.955. The quantitative estimate of drug-likeness (QED) is 0.707. The van der Waals surface area contributed by atoms with E-state index < -0.39 is 0 Å². The maximum Gasteiger partial charge on any atom is 0.160 e. The van der Waals surface area contributed by atoms with Gasteiger partial charge in [-0.05, 0) is 31.2 Å². The summed E-state index contributed by atoms with van der Waals surface area (Å²) in [4.78, 5) is 11.9. The zero-order chi connectivity index (χ0) is 16.1. The third-order valence-corrected chi connectivity index (χ3v) is 4.45. The second-order valence-corrected chi connectivity index (χ2v) is 5.97. The highest BCUT2D eigenvalue weighted by atomic mass is 32.2. The van der Waals surface area contributed by atoms with Crippen LogP contribution in [0.5, 0.6) is 0 Å². The highest BCUT2D eigenvalue weighted by molar-refractivity contribution is 7.99. The van der Waals surface area contributed by atoms with Gasteiger partial charge >= 0.3 is 0 Å². The number of nitrogens with two attached hydrogens (primary N) is 1. The molecule has 1 aromatic heterocycles. The van der Waals surface area contributed by atoms with Crippen LogP contribution in [-0.2, 0) is 0 Å². The maximum atomic E-state index is 6.36. The molecule has 1 heterocycles. The summed E-state index contributed by atoms with van der Waals surface area (Å²) >= 11 is 1.55. The van der Waals surface area contributed by atoms with Crippen LogP contribution in [0, 0.1) is 0 Å². The van der Waals surface area contributed by atoms with Crippen LogP contribution in [0.1, 0.15) is 6.92 Å². The minimum Gasteiger partial charge on any atom is -0.394 e. The number of para-hydroxylation sites is 1. The molecule has 3 rings (SSSR count). The van der Waals surface area contributed by atoms with E-state index in [2.05, 4.69) is 33.9 Å². The largest absolute Gasteiger partial charge is 0.394 e. The molecular weight excluding hydrogens is 304 g/mol. The Bertz CT molecular complexity index is 762. The Morgan fingerprint density at radius 2 is 1.61 bits per heavy atom. The Morgan fingerprint density at radius 3 is 2.26 bits per heavy atom. The summed E-state index contributed by atoms with van der Waals surface area (Å²) in [6.45, 7) is 2.86. The molecular formula is C18H18N4S. The fourth-order valence-electron chi connectivity index (χ4n) is 2.33. The van der Waals surface area contributed by atoms with E-state index in [1.807, 2.05) is 48.5 Å². The number of hydrogen-bond acceptors (Lipinski definition) is 5. The lowest BCUT2D eigenvalue weighted by Gasteiger charge is -2.23. The van der Waals surface area contributed by atoms with Gasteiger partial charge in [0.2, 0.25) is 0 Å².